The van der Waals surface area contributed by atoms with E-state index in [9.17, 15) is 51.1 Å². The first-order chi connectivity index (χ1) is 24.4. The van der Waals surface area contributed by atoms with Gasteiger partial charge in [0.1, 0.15) is 59.3 Å². The highest BCUT2D eigenvalue weighted by atomic mass is 16.8. The monoisotopic (exact) mass is 726 g/mol. The van der Waals surface area contributed by atoms with Gasteiger partial charge in [-0.2, -0.15) is 0 Å². The number of phenolic OH excluding ortho intramolecular Hbond substituents is 2. The highest BCUT2D eigenvalue weighted by Gasteiger charge is 2.54. The largest absolute Gasteiger partial charge is 0.508 e. The first-order valence-corrected chi connectivity index (χ1v) is 17.1. The summed E-state index contributed by atoms with van der Waals surface area (Å²) >= 11 is 0. The van der Waals surface area contributed by atoms with Crippen LogP contribution in [-0.2, 0) is 41.3 Å². The fourth-order valence-corrected chi connectivity index (χ4v) is 6.31. The Morgan fingerprint density at radius 1 is 0.686 bits per heavy atom. The lowest BCUT2D eigenvalue weighted by Crippen LogP contribution is -2.62. The molecule has 3 fully saturated rings. The van der Waals surface area contributed by atoms with Crippen LogP contribution in [0.4, 0.5) is 0 Å². The van der Waals surface area contributed by atoms with E-state index in [-0.39, 0.29) is 11.5 Å². The Balaban J connectivity index is 1.32. The Bertz CT molecular complexity index is 1350. The van der Waals surface area contributed by atoms with E-state index in [2.05, 4.69) is 0 Å². The van der Waals surface area contributed by atoms with Gasteiger partial charge >= 0.3 is 0 Å². The molecule has 16 heteroatoms. The molecule has 3 aliphatic rings. The summed E-state index contributed by atoms with van der Waals surface area (Å²) < 4.78 is 34.8. The molecule has 2 aromatic rings. The maximum absolute atomic E-state index is 11.3. The molecule has 51 heavy (non-hydrogen) atoms. The summed E-state index contributed by atoms with van der Waals surface area (Å²) in [6.07, 6.45) is -10.5. The molecule has 3 saturated heterocycles. The first kappa shape index (κ1) is 39.7. The van der Waals surface area contributed by atoms with E-state index in [4.69, 9.17) is 28.4 Å². The van der Waals surface area contributed by atoms with E-state index in [0.717, 1.165) is 24.0 Å². The summed E-state index contributed by atoms with van der Waals surface area (Å²) in [5.41, 5.74) is -2.01. The number of rotatable bonds is 17. The predicted molar refractivity (Wildman–Crippen MR) is 174 cm³/mol. The molecular weight excluding hydrogens is 676 g/mol. The van der Waals surface area contributed by atoms with Crippen LogP contribution in [0.5, 0.6) is 11.5 Å². The van der Waals surface area contributed by atoms with Crippen LogP contribution in [0, 0.1) is 0 Å². The maximum atomic E-state index is 11.3. The Morgan fingerprint density at radius 2 is 1.24 bits per heavy atom. The standard InChI is InChI=1S/C35H50O16/c36-16-34(44)18-47-32(29(34)42)46-15-25-26(40)27(41)28(51-33-30(43)35(45,17-37)19-48-33)31(50-25)49-24(14-9-21-7-12-23(39)13-8-21)4-2-1-3-20-5-10-22(38)11-6-20/h5-8,10-13,24-33,36-45H,1-4,9,14-19H2/t24-,25-,26-,27+,28-,29+,30+,31-,32+,33-,34-,35-/m1/s1. The molecular formula is C35H50O16. The number of aryl methyl sites for hydroxylation is 2. The van der Waals surface area contributed by atoms with Gasteiger partial charge in [-0.1, -0.05) is 30.7 Å². The molecule has 12 atom stereocenters. The van der Waals surface area contributed by atoms with Crippen LogP contribution < -0.4 is 0 Å². The van der Waals surface area contributed by atoms with Crippen LogP contribution in [0.2, 0.25) is 0 Å². The molecule has 0 saturated carbocycles. The van der Waals surface area contributed by atoms with Crippen molar-refractivity contribution in [2.75, 3.05) is 33.0 Å². The third-order valence-electron chi connectivity index (χ3n) is 9.72. The lowest BCUT2D eigenvalue weighted by Gasteiger charge is -2.44. The highest BCUT2D eigenvalue weighted by Crippen LogP contribution is 2.34. The molecule has 0 amide bonds. The number of aromatic hydroxyl groups is 2. The number of phenols is 2. The molecule has 10 N–H and O–H groups in total. The van der Waals surface area contributed by atoms with Gasteiger partial charge in [0.15, 0.2) is 18.9 Å². The van der Waals surface area contributed by atoms with Gasteiger partial charge in [-0.25, -0.2) is 0 Å². The van der Waals surface area contributed by atoms with E-state index < -0.39 is 106 Å². The fraction of sp³-hybridized carbons (Fsp3) is 0.657. The second-order valence-electron chi connectivity index (χ2n) is 13.6. The number of aliphatic hydroxyl groups is 8. The summed E-state index contributed by atoms with van der Waals surface area (Å²) in [6.45, 7) is -2.95. The van der Waals surface area contributed by atoms with Gasteiger partial charge in [-0.05, 0) is 67.5 Å². The number of unbranched alkanes of at least 4 members (excludes halogenated alkanes) is 1. The molecule has 16 nitrogen and oxygen atoms in total. The van der Waals surface area contributed by atoms with Gasteiger partial charge in [0.05, 0.1) is 39.1 Å². The van der Waals surface area contributed by atoms with E-state index in [1.807, 2.05) is 12.1 Å². The lowest BCUT2D eigenvalue weighted by atomic mass is 9.97. The fourth-order valence-electron chi connectivity index (χ4n) is 6.31. The molecule has 0 radical (unpaired) electrons. The third-order valence-corrected chi connectivity index (χ3v) is 9.72. The average Bonchev–Trinajstić information content (AvgIpc) is 3.58. The average molecular weight is 727 g/mol. The van der Waals surface area contributed by atoms with Gasteiger partial charge in [-0.15, -0.1) is 0 Å². The van der Waals surface area contributed by atoms with E-state index in [1.165, 1.54) is 0 Å². The molecule has 3 heterocycles. The normalized spacial score (nSPS) is 36.0. The summed E-state index contributed by atoms with van der Waals surface area (Å²) in [7, 11) is 0. The zero-order valence-corrected chi connectivity index (χ0v) is 28.1. The van der Waals surface area contributed by atoms with E-state index >= 15 is 0 Å². The molecule has 5 rings (SSSR count). The van der Waals surface area contributed by atoms with Gasteiger partial charge in [0, 0.05) is 0 Å². The Hall–Kier alpha value is -2.52. The zero-order chi connectivity index (χ0) is 36.8. The van der Waals surface area contributed by atoms with Gasteiger partial charge in [0.25, 0.3) is 0 Å². The van der Waals surface area contributed by atoms with Gasteiger partial charge < -0.3 is 79.5 Å². The molecule has 0 aromatic heterocycles. The Kier molecular flexibility index (Phi) is 13.6. The summed E-state index contributed by atoms with van der Waals surface area (Å²) in [5, 5.41) is 103. The van der Waals surface area contributed by atoms with Crippen molar-refractivity contribution in [1.82, 2.24) is 0 Å². The van der Waals surface area contributed by atoms with Crippen molar-refractivity contribution in [3.63, 3.8) is 0 Å². The maximum Gasteiger partial charge on any atom is 0.187 e. The molecule has 0 bridgehead atoms. The van der Waals surface area contributed by atoms with Crippen molar-refractivity contribution in [2.45, 2.75) is 111 Å². The van der Waals surface area contributed by atoms with Crippen LogP contribution in [0.1, 0.15) is 36.8 Å². The number of ether oxygens (including phenoxy) is 6. The minimum absolute atomic E-state index is 0.123. The quantitative estimate of drug-likeness (QED) is 0.0838. The molecule has 0 spiro atoms. The molecule has 0 aliphatic carbocycles. The second kappa shape index (κ2) is 17.5. The van der Waals surface area contributed by atoms with Crippen LogP contribution in [0.25, 0.3) is 0 Å². The van der Waals surface area contributed by atoms with Crippen molar-refractivity contribution in [3.8, 4) is 11.5 Å². The molecule has 0 unspecified atom stereocenters. The van der Waals surface area contributed by atoms with Gasteiger partial charge in [-0.3, -0.25) is 0 Å². The van der Waals surface area contributed by atoms with E-state index in [1.54, 1.807) is 36.4 Å². The topological polar surface area (TPSA) is 258 Å². The first-order valence-electron chi connectivity index (χ1n) is 17.1. The summed E-state index contributed by atoms with van der Waals surface area (Å²) in [4.78, 5) is 0. The van der Waals surface area contributed by atoms with Crippen molar-refractivity contribution in [3.05, 3.63) is 59.7 Å². The summed E-state index contributed by atoms with van der Waals surface area (Å²) in [6, 6.07) is 13.7. The second-order valence-corrected chi connectivity index (χ2v) is 13.6. The minimum atomic E-state index is -2.03. The number of aliphatic hydroxyl groups excluding tert-OH is 6. The third kappa shape index (κ3) is 9.73. The van der Waals surface area contributed by atoms with Gasteiger partial charge in [0.2, 0.25) is 0 Å². The highest BCUT2D eigenvalue weighted by molar-refractivity contribution is 5.26. The van der Waals surface area contributed by atoms with Crippen LogP contribution in [-0.4, -0.2) is 157 Å². The van der Waals surface area contributed by atoms with Crippen LogP contribution in [0.15, 0.2) is 48.5 Å². The van der Waals surface area contributed by atoms with Crippen molar-refractivity contribution >= 4 is 0 Å². The van der Waals surface area contributed by atoms with Crippen LogP contribution in [0.3, 0.4) is 0 Å². The molecule has 2 aromatic carbocycles. The van der Waals surface area contributed by atoms with Crippen LogP contribution >= 0.6 is 0 Å². The van der Waals surface area contributed by atoms with Crippen molar-refractivity contribution in [2.24, 2.45) is 0 Å². The number of hydrogen-bond donors (Lipinski definition) is 10. The SMILES string of the molecule is OC[C@@]1(O)CO[C@H](OC[C@H]2O[C@@H](O[C@H](CCCCc3ccc(O)cc3)CCc3ccc(O)cc3)[C@H](O[C@H]3OC[C@](O)(CO)[C@H]3O)[C@@H](O)[C@@H]2O)[C@@H]1O. The Labute approximate surface area is 294 Å². The lowest BCUT2D eigenvalue weighted by molar-refractivity contribution is -0.348. The minimum Gasteiger partial charge on any atom is -0.508 e. The van der Waals surface area contributed by atoms with E-state index in [0.29, 0.717) is 25.7 Å². The number of benzene rings is 2. The molecule has 286 valence electrons. The Morgan fingerprint density at radius 3 is 1.80 bits per heavy atom. The van der Waals surface area contributed by atoms with Crippen molar-refractivity contribution < 1.29 is 79.5 Å². The zero-order valence-electron chi connectivity index (χ0n) is 28.1. The smallest absolute Gasteiger partial charge is 0.187 e. The van der Waals surface area contributed by atoms with Crippen molar-refractivity contribution in [1.29, 1.82) is 0 Å². The summed E-state index contributed by atoms with van der Waals surface area (Å²) in [5.74, 6) is 0.301. The predicted octanol–water partition coefficient (Wildman–Crippen LogP) is -1.44. The number of hydrogen-bond acceptors (Lipinski definition) is 16. The molecule has 3 aliphatic heterocycles.